The van der Waals surface area contributed by atoms with E-state index in [0.717, 1.165) is 58.7 Å². The largest absolute Gasteiger partial charge is 0.454 e. The summed E-state index contributed by atoms with van der Waals surface area (Å²) in [6, 6.07) is 20.2. The van der Waals surface area contributed by atoms with E-state index in [2.05, 4.69) is 66.6 Å². The summed E-state index contributed by atoms with van der Waals surface area (Å²) in [5.41, 5.74) is 11.0. The first-order valence-electron chi connectivity index (χ1n) is 16.9. The molecule has 14 nitrogen and oxygen atoms in total. The van der Waals surface area contributed by atoms with Gasteiger partial charge in [-0.1, -0.05) is 30.0 Å². The second kappa shape index (κ2) is 14.3. The summed E-state index contributed by atoms with van der Waals surface area (Å²) < 4.78 is 13.3. The predicted octanol–water partition coefficient (Wildman–Crippen LogP) is 4.70. The van der Waals surface area contributed by atoms with Crippen LogP contribution in [-0.4, -0.2) is 87.1 Å². The number of nitrogens with two attached hydrogens (primary N) is 1. The quantitative estimate of drug-likeness (QED) is 0.102. The standard InChI is InChI=1S/C37H35N11O3S/c1-46-11-13-47(14-12-46)27-6-5-24-15-23(3-4-25(24)17-27)16-26(20-38)36(49)40-8-2-10-48-35-33(34(39)41-21-42-35)44-37(48)52-32-19-31-30(50-22-51-31)18-28(32)29-7-9-43-45-29/h3-7,9,15-19,21H,2,8,10-14,22H2,1H3,(H,40,49)(H,43,45)(H2,39,41,42)/b26-16+. The lowest BCUT2D eigenvalue weighted by atomic mass is 10.0. The van der Waals surface area contributed by atoms with Crippen LogP contribution in [0.3, 0.4) is 0 Å². The summed E-state index contributed by atoms with van der Waals surface area (Å²) in [4.78, 5) is 32.2. The molecule has 0 aliphatic carbocycles. The normalized spacial score (nSPS) is 14.6. The number of amides is 1. The Balaban J connectivity index is 0.961. The van der Waals surface area contributed by atoms with Gasteiger partial charge in [0.15, 0.2) is 33.6 Å². The first-order chi connectivity index (χ1) is 25.4. The van der Waals surface area contributed by atoms with Crippen LogP contribution in [0.1, 0.15) is 12.0 Å². The molecule has 0 bridgehead atoms. The molecule has 15 heteroatoms. The van der Waals surface area contributed by atoms with E-state index in [-0.39, 0.29) is 18.2 Å². The first-order valence-corrected chi connectivity index (χ1v) is 17.7. The Morgan fingerprint density at radius 2 is 1.87 bits per heavy atom. The minimum Gasteiger partial charge on any atom is -0.454 e. The fourth-order valence-electron chi connectivity index (χ4n) is 6.39. The number of H-pyrrole nitrogens is 1. The van der Waals surface area contributed by atoms with Crippen molar-refractivity contribution in [1.29, 1.82) is 5.26 Å². The van der Waals surface area contributed by atoms with Gasteiger partial charge in [-0.25, -0.2) is 15.0 Å². The van der Waals surface area contributed by atoms with Crippen LogP contribution < -0.4 is 25.4 Å². The number of carbonyl (C=O) groups excluding carboxylic acids is 1. The fraction of sp³-hybridized carbons (Fsp3) is 0.243. The molecular weight excluding hydrogens is 679 g/mol. The van der Waals surface area contributed by atoms with Crippen molar-refractivity contribution >= 4 is 57.2 Å². The highest BCUT2D eigenvalue weighted by molar-refractivity contribution is 7.99. The van der Waals surface area contributed by atoms with Crippen molar-refractivity contribution in [3.63, 3.8) is 0 Å². The molecule has 0 atom stereocenters. The number of piperazine rings is 1. The van der Waals surface area contributed by atoms with Gasteiger partial charge in [0.1, 0.15) is 18.0 Å². The number of hydrogen-bond donors (Lipinski definition) is 3. The molecule has 0 spiro atoms. The van der Waals surface area contributed by atoms with Crippen LogP contribution in [0.4, 0.5) is 11.5 Å². The van der Waals surface area contributed by atoms with Crippen LogP contribution in [0, 0.1) is 11.3 Å². The van der Waals surface area contributed by atoms with Crippen molar-refractivity contribution in [3.8, 4) is 28.8 Å². The molecule has 1 fully saturated rings. The molecule has 2 aliphatic rings. The SMILES string of the molecule is CN1CCN(c2ccc3cc(/C=C(\C#N)C(=O)NCCCn4c(Sc5cc6c(cc5-c5ccn[nH]5)OCO6)nc5c(N)ncnc54)ccc3c2)CC1. The molecule has 5 heterocycles. The lowest BCUT2D eigenvalue weighted by molar-refractivity contribution is -0.117. The minimum atomic E-state index is -0.436. The lowest BCUT2D eigenvalue weighted by Crippen LogP contribution is -2.44. The average molecular weight is 714 g/mol. The van der Waals surface area contributed by atoms with Crippen LogP contribution in [0.2, 0.25) is 0 Å². The number of likely N-dealkylation sites (N-methyl/N-ethyl adjacent to an activating group) is 1. The second-order valence-electron chi connectivity index (χ2n) is 12.6. The molecule has 262 valence electrons. The van der Waals surface area contributed by atoms with Crippen LogP contribution in [0.15, 0.2) is 82.7 Å². The van der Waals surface area contributed by atoms with Crippen molar-refractivity contribution in [1.82, 2.24) is 39.9 Å². The van der Waals surface area contributed by atoms with E-state index in [4.69, 9.17) is 20.2 Å². The zero-order valence-electron chi connectivity index (χ0n) is 28.4. The van der Waals surface area contributed by atoms with Crippen molar-refractivity contribution in [3.05, 3.63) is 78.3 Å². The summed E-state index contributed by atoms with van der Waals surface area (Å²) in [6.07, 6.45) is 5.26. The van der Waals surface area contributed by atoms with Crippen molar-refractivity contribution in [2.45, 2.75) is 23.0 Å². The van der Waals surface area contributed by atoms with Gasteiger partial charge in [0.05, 0.1) is 5.69 Å². The van der Waals surface area contributed by atoms with Crippen LogP contribution in [0.5, 0.6) is 11.5 Å². The number of rotatable bonds is 10. The average Bonchev–Trinajstić information content (AvgIpc) is 3.93. The minimum absolute atomic E-state index is 0.0346. The van der Waals surface area contributed by atoms with E-state index in [1.165, 1.54) is 23.8 Å². The molecule has 8 rings (SSSR count). The maximum absolute atomic E-state index is 13.2. The van der Waals surface area contributed by atoms with Crippen molar-refractivity contribution in [2.24, 2.45) is 0 Å². The Morgan fingerprint density at radius 3 is 2.67 bits per heavy atom. The number of anilines is 2. The Labute approximate surface area is 303 Å². The number of carbonyl (C=O) groups is 1. The number of ether oxygens (including phenoxy) is 2. The molecule has 6 aromatic rings. The van der Waals surface area contributed by atoms with Gasteiger partial charge in [-0.2, -0.15) is 10.4 Å². The van der Waals surface area contributed by atoms with Gasteiger partial charge in [-0.05, 0) is 72.3 Å². The number of fused-ring (bicyclic) bond motifs is 3. The first kappa shape index (κ1) is 33.1. The molecule has 1 saturated heterocycles. The third-order valence-corrected chi connectivity index (χ3v) is 10.3. The van der Waals surface area contributed by atoms with Gasteiger partial charge >= 0.3 is 0 Å². The van der Waals surface area contributed by atoms with E-state index >= 15 is 0 Å². The smallest absolute Gasteiger partial charge is 0.261 e. The van der Waals surface area contributed by atoms with Crippen LogP contribution >= 0.6 is 11.8 Å². The highest BCUT2D eigenvalue weighted by atomic mass is 32.2. The highest BCUT2D eigenvalue weighted by Gasteiger charge is 2.23. The van der Waals surface area contributed by atoms with E-state index in [9.17, 15) is 10.1 Å². The van der Waals surface area contributed by atoms with Crippen LogP contribution in [-0.2, 0) is 11.3 Å². The topological polar surface area (TPSA) is 176 Å². The van der Waals surface area contributed by atoms with E-state index in [1.807, 2.05) is 41.0 Å². The summed E-state index contributed by atoms with van der Waals surface area (Å²) in [6.45, 7) is 5.01. The number of imidazole rings is 1. The number of nitrogen functional groups attached to an aromatic ring is 1. The van der Waals surface area contributed by atoms with Gasteiger partial charge in [0.25, 0.3) is 5.91 Å². The molecule has 3 aromatic carbocycles. The Morgan fingerprint density at radius 1 is 1.06 bits per heavy atom. The molecule has 1 amide bonds. The number of nitrogens with zero attached hydrogens (tertiary/aromatic N) is 8. The van der Waals surface area contributed by atoms with E-state index in [0.29, 0.717) is 47.3 Å². The molecule has 52 heavy (non-hydrogen) atoms. The molecule has 2 aliphatic heterocycles. The maximum atomic E-state index is 13.2. The van der Waals surface area contributed by atoms with Gasteiger partial charge in [-0.15, -0.1) is 0 Å². The third-order valence-electron chi connectivity index (χ3n) is 9.23. The van der Waals surface area contributed by atoms with Gasteiger partial charge in [0.2, 0.25) is 6.79 Å². The number of nitriles is 1. The van der Waals surface area contributed by atoms with E-state index in [1.54, 1.807) is 12.3 Å². The molecule has 4 N–H and O–H groups in total. The lowest BCUT2D eigenvalue weighted by Gasteiger charge is -2.34. The maximum Gasteiger partial charge on any atom is 0.261 e. The van der Waals surface area contributed by atoms with Crippen molar-refractivity contribution < 1.29 is 14.3 Å². The van der Waals surface area contributed by atoms with Gasteiger partial charge in [-0.3, -0.25) is 9.89 Å². The summed E-state index contributed by atoms with van der Waals surface area (Å²) >= 11 is 1.42. The number of benzene rings is 3. The predicted molar refractivity (Wildman–Crippen MR) is 199 cm³/mol. The molecule has 0 saturated carbocycles. The molecule has 3 aromatic heterocycles. The zero-order chi connectivity index (χ0) is 35.6. The number of aryl methyl sites for hydroxylation is 1. The molecule has 0 radical (unpaired) electrons. The van der Waals surface area contributed by atoms with Gasteiger partial charge in [0, 0.05) is 61.6 Å². The number of aromatic nitrogens is 6. The molecular formula is C37H35N11O3S. The number of nitrogens with one attached hydrogen (secondary N) is 2. The Hall–Kier alpha value is -6.11. The number of hydrogen-bond acceptors (Lipinski definition) is 12. The molecule has 0 unspecified atom stereocenters. The number of aromatic amines is 1. The van der Waals surface area contributed by atoms with Crippen LogP contribution in [0.25, 0.3) is 39.3 Å². The summed E-state index contributed by atoms with van der Waals surface area (Å²) in [7, 11) is 2.15. The fourth-order valence-corrected chi connectivity index (χ4v) is 7.45. The third kappa shape index (κ3) is 6.69. The second-order valence-corrected chi connectivity index (χ2v) is 13.6. The zero-order valence-corrected chi connectivity index (χ0v) is 29.2. The van der Waals surface area contributed by atoms with Gasteiger partial charge < -0.3 is 34.9 Å². The Bertz CT molecular complexity index is 2360. The summed E-state index contributed by atoms with van der Waals surface area (Å²) in [5.74, 6) is 1.12. The summed E-state index contributed by atoms with van der Waals surface area (Å²) in [5, 5.41) is 22.7. The highest BCUT2D eigenvalue weighted by Crippen LogP contribution is 2.44. The monoisotopic (exact) mass is 713 g/mol. The Kier molecular flexibility index (Phi) is 9.06. The van der Waals surface area contributed by atoms with Crippen molar-refractivity contribution in [2.75, 3.05) is 57.2 Å². The van der Waals surface area contributed by atoms with E-state index < -0.39 is 5.91 Å².